The van der Waals surface area contributed by atoms with Gasteiger partial charge in [0.25, 0.3) is 0 Å². The van der Waals surface area contributed by atoms with E-state index in [4.69, 9.17) is 9.47 Å². The van der Waals surface area contributed by atoms with Gasteiger partial charge in [0.15, 0.2) is 0 Å². The first kappa shape index (κ1) is 19.6. The molecular formula is C21H23N3O4S. The average Bonchev–Trinajstić information content (AvgIpc) is 2.74. The summed E-state index contributed by atoms with van der Waals surface area (Å²) in [6.45, 7) is 0. The van der Waals surface area contributed by atoms with Crippen molar-refractivity contribution in [2.45, 2.75) is 42.7 Å². The lowest BCUT2D eigenvalue weighted by molar-refractivity contribution is 0.136. The highest BCUT2D eigenvalue weighted by molar-refractivity contribution is 7.89. The zero-order chi connectivity index (χ0) is 20.3. The van der Waals surface area contributed by atoms with Crippen molar-refractivity contribution in [2.75, 3.05) is 7.11 Å². The highest BCUT2D eigenvalue weighted by Gasteiger charge is 2.27. The molecule has 0 amide bonds. The van der Waals surface area contributed by atoms with Gasteiger partial charge in [0.2, 0.25) is 21.8 Å². The minimum absolute atomic E-state index is 0.0188. The van der Waals surface area contributed by atoms with Crippen LogP contribution in [0.3, 0.4) is 0 Å². The predicted molar refractivity (Wildman–Crippen MR) is 110 cm³/mol. The first-order chi connectivity index (χ1) is 14.0. The van der Waals surface area contributed by atoms with Crippen LogP contribution in [-0.4, -0.2) is 37.6 Å². The summed E-state index contributed by atoms with van der Waals surface area (Å²) in [6.07, 6.45) is 5.93. The van der Waals surface area contributed by atoms with Crippen molar-refractivity contribution in [3.8, 4) is 11.8 Å². The number of ether oxygens (including phenoxy) is 2. The summed E-state index contributed by atoms with van der Waals surface area (Å²) in [7, 11) is -2.07. The molecule has 1 N–H and O–H groups in total. The normalized spacial score (nSPS) is 19.8. The molecule has 1 aliphatic rings. The molecule has 152 valence electrons. The number of aromatic nitrogens is 2. The Hall–Kier alpha value is -2.71. The molecule has 1 heterocycles. The third-order valence-corrected chi connectivity index (χ3v) is 6.70. The maximum atomic E-state index is 13.0. The molecule has 0 spiro atoms. The number of methoxy groups -OCH3 is 1. The third kappa shape index (κ3) is 4.49. The monoisotopic (exact) mass is 413 g/mol. The van der Waals surface area contributed by atoms with Gasteiger partial charge >= 0.3 is 0 Å². The number of hydrogen-bond acceptors (Lipinski definition) is 6. The van der Waals surface area contributed by atoms with E-state index in [0.29, 0.717) is 29.5 Å². The van der Waals surface area contributed by atoms with Gasteiger partial charge in [-0.1, -0.05) is 36.4 Å². The molecule has 2 aromatic carbocycles. The van der Waals surface area contributed by atoms with Gasteiger partial charge in [-0.2, -0.15) is 4.98 Å². The lowest BCUT2D eigenvalue weighted by Gasteiger charge is -2.29. The van der Waals surface area contributed by atoms with Crippen molar-refractivity contribution >= 4 is 20.8 Å². The molecule has 0 radical (unpaired) electrons. The van der Waals surface area contributed by atoms with Gasteiger partial charge in [-0.15, -0.1) is 0 Å². The minimum Gasteiger partial charge on any atom is -0.480 e. The van der Waals surface area contributed by atoms with Gasteiger partial charge in [-0.3, -0.25) is 4.98 Å². The highest BCUT2D eigenvalue weighted by Crippen LogP contribution is 2.27. The molecule has 7 nitrogen and oxygen atoms in total. The standard InChI is InChI=1S/C21H23N3O4S/c1-27-20-13-22-14-21(23-20)28-17-11-9-16(10-12-17)24-29(25,26)19-8-4-6-15-5-2-3-7-18(15)19/h2-8,13-14,16-17,24H,9-12H2,1H3. The number of rotatable bonds is 6. The Kier molecular flexibility index (Phi) is 5.64. The average molecular weight is 413 g/mol. The zero-order valence-electron chi connectivity index (χ0n) is 16.1. The third-order valence-electron chi connectivity index (χ3n) is 5.12. The van der Waals surface area contributed by atoms with E-state index in [0.717, 1.165) is 23.6 Å². The van der Waals surface area contributed by atoms with Gasteiger partial charge in [0.05, 0.1) is 24.4 Å². The zero-order valence-corrected chi connectivity index (χ0v) is 16.9. The maximum Gasteiger partial charge on any atom is 0.241 e. The summed E-state index contributed by atoms with van der Waals surface area (Å²) in [6, 6.07) is 12.7. The van der Waals surface area contributed by atoms with Gasteiger partial charge in [0, 0.05) is 11.4 Å². The summed E-state index contributed by atoms with van der Waals surface area (Å²) in [5.41, 5.74) is 0. The number of benzene rings is 2. The van der Waals surface area contributed by atoms with E-state index in [1.807, 2.05) is 30.3 Å². The van der Waals surface area contributed by atoms with Crippen LogP contribution in [0.1, 0.15) is 25.7 Å². The molecule has 4 rings (SSSR count). The topological polar surface area (TPSA) is 90.4 Å². The van der Waals surface area contributed by atoms with E-state index in [1.165, 1.54) is 13.3 Å². The fourth-order valence-electron chi connectivity index (χ4n) is 3.67. The van der Waals surface area contributed by atoms with Crippen LogP contribution in [-0.2, 0) is 10.0 Å². The molecule has 8 heteroatoms. The number of sulfonamides is 1. The van der Waals surface area contributed by atoms with Crippen molar-refractivity contribution in [1.29, 1.82) is 0 Å². The molecule has 0 unspecified atom stereocenters. The van der Waals surface area contributed by atoms with E-state index in [1.54, 1.807) is 18.3 Å². The van der Waals surface area contributed by atoms with Gasteiger partial charge in [0.1, 0.15) is 6.10 Å². The second-order valence-corrected chi connectivity index (χ2v) is 8.77. The van der Waals surface area contributed by atoms with E-state index in [9.17, 15) is 8.42 Å². The molecule has 3 aromatic rings. The summed E-state index contributed by atoms with van der Waals surface area (Å²) in [5, 5.41) is 1.64. The number of nitrogens with zero attached hydrogens (tertiary/aromatic N) is 2. The molecular weight excluding hydrogens is 390 g/mol. The predicted octanol–water partition coefficient (Wildman–Crippen LogP) is 3.31. The molecule has 29 heavy (non-hydrogen) atoms. The van der Waals surface area contributed by atoms with Crippen molar-refractivity contribution in [2.24, 2.45) is 0 Å². The number of nitrogens with one attached hydrogen (secondary N) is 1. The molecule has 0 aliphatic heterocycles. The summed E-state index contributed by atoms with van der Waals surface area (Å²) < 4.78 is 39.8. The van der Waals surface area contributed by atoms with Crippen molar-refractivity contribution in [1.82, 2.24) is 14.7 Å². The second kappa shape index (κ2) is 8.34. The Bertz CT molecular complexity index is 1090. The van der Waals surface area contributed by atoms with Crippen LogP contribution < -0.4 is 14.2 Å². The fraction of sp³-hybridized carbons (Fsp3) is 0.333. The van der Waals surface area contributed by atoms with Gasteiger partial charge in [-0.05, 0) is 37.1 Å². The van der Waals surface area contributed by atoms with Crippen LogP contribution in [0.5, 0.6) is 11.8 Å². The molecule has 0 atom stereocenters. The van der Waals surface area contributed by atoms with Gasteiger partial charge < -0.3 is 9.47 Å². The smallest absolute Gasteiger partial charge is 0.241 e. The summed E-state index contributed by atoms with van der Waals surface area (Å²) in [5.74, 6) is 0.822. The van der Waals surface area contributed by atoms with Crippen molar-refractivity contribution in [3.63, 3.8) is 0 Å². The van der Waals surface area contributed by atoms with Crippen molar-refractivity contribution in [3.05, 3.63) is 54.9 Å². The number of hydrogen-bond donors (Lipinski definition) is 1. The Morgan fingerprint density at radius 3 is 2.48 bits per heavy atom. The summed E-state index contributed by atoms with van der Waals surface area (Å²) in [4.78, 5) is 8.57. The minimum atomic E-state index is -3.60. The Morgan fingerprint density at radius 1 is 0.966 bits per heavy atom. The van der Waals surface area contributed by atoms with E-state index < -0.39 is 10.0 Å². The Balaban J connectivity index is 1.40. The molecule has 1 fully saturated rings. The largest absolute Gasteiger partial charge is 0.480 e. The second-order valence-electron chi connectivity index (χ2n) is 7.09. The molecule has 1 aliphatic carbocycles. The van der Waals surface area contributed by atoms with Crippen LogP contribution in [0.4, 0.5) is 0 Å². The lowest BCUT2D eigenvalue weighted by atomic mass is 9.94. The fourth-order valence-corrected chi connectivity index (χ4v) is 5.20. The van der Waals surface area contributed by atoms with Crippen molar-refractivity contribution < 1.29 is 17.9 Å². The lowest BCUT2D eigenvalue weighted by Crippen LogP contribution is -2.39. The SMILES string of the molecule is COc1cncc(OC2CCC(NS(=O)(=O)c3cccc4ccccc34)CC2)n1. The molecule has 0 bridgehead atoms. The van der Waals surface area contributed by atoms with Crippen LogP contribution >= 0.6 is 0 Å². The first-order valence-electron chi connectivity index (χ1n) is 9.58. The maximum absolute atomic E-state index is 13.0. The quantitative estimate of drug-likeness (QED) is 0.667. The molecule has 1 saturated carbocycles. The van der Waals surface area contributed by atoms with Crippen LogP contribution in [0.15, 0.2) is 59.8 Å². The van der Waals surface area contributed by atoms with Crippen LogP contribution in [0.2, 0.25) is 0 Å². The first-order valence-corrected chi connectivity index (χ1v) is 11.1. The van der Waals surface area contributed by atoms with E-state index in [-0.39, 0.29) is 12.1 Å². The molecule has 1 aromatic heterocycles. The van der Waals surface area contributed by atoms with E-state index >= 15 is 0 Å². The van der Waals surface area contributed by atoms with Crippen LogP contribution in [0, 0.1) is 0 Å². The highest BCUT2D eigenvalue weighted by atomic mass is 32.2. The number of fused-ring (bicyclic) bond motifs is 1. The Labute approximate surface area is 170 Å². The molecule has 0 saturated heterocycles. The Morgan fingerprint density at radius 2 is 1.69 bits per heavy atom. The van der Waals surface area contributed by atoms with Gasteiger partial charge in [-0.25, -0.2) is 13.1 Å². The van der Waals surface area contributed by atoms with Crippen LogP contribution in [0.25, 0.3) is 10.8 Å². The van der Waals surface area contributed by atoms with E-state index in [2.05, 4.69) is 14.7 Å². The summed E-state index contributed by atoms with van der Waals surface area (Å²) >= 11 is 0.